The first-order valence-electron chi connectivity index (χ1n) is 6.59. The number of aromatic nitrogens is 1. The summed E-state index contributed by atoms with van der Waals surface area (Å²) in [4.78, 5) is 16.5. The molecule has 1 aromatic heterocycles. The highest BCUT2D eigenvalue weighted by Gasteiger charge is 2.09. The van der Waals surface area contributed by atoms with Gasteiger partial charge in [0.15, 0.2) is 0 Å². The van der Waals surface area contributed by atoms with Crippen molar-refractivity contribution in [3.05, 3.63) is 47.7 Å². The Balaban J connectivity index is 2.18. The van der Waals surface area contributed by atoms with Crippen molar-refractivity contribution in [1.82, 2.24) is 4.98 Å². The normalized spacial score (nSPS) is 10.0. The number of nitrogens with one attached hydrogen (secondary N) is 2. The molecule has 0 atom stereocenters. The van der Waals surface area contributed by atoms with Gasteiger partial charge < -0.3 is 15.5 Å². The van der Waals surface area contributed by atoms with E-state index in [1.54, 1.807) is 43.5 Å². The quantitative estimate of drug-likeness (QED) is 0.579. The Kier molecular flexibility index (Phi) is 4.73. The molecule has 0 spiro atoms. The summed E-state index contributed by atoms with van der Waals surface area (Å²) in [6.07, 6.45) is 0.721. The van der Waals surface area contributed by atoms with Crippen LogP contribution in [-0.2, 0) is 6.42 Å². The number of nitrogens with zero attached hydrogens (tertiary/aromatic N) is 1. The Morgan fingerprint density at radius 1 is 1.29 bits per heavy atom. The molecule has 0 saturated carbocycles. The lowest BCUT2D eigenvalue weighted by molar-refractivity contribution is 0.102. The SMILES string of the molecule is CCc1cc(C(=O)Nc2ccc(OC)cc2)cc(NN)n1. The number of ether oxygens (including phenoxy) is 1. The zero-order valence-corrected chi connectivity index (χ0v) is 12.0. The van der Waals surface area contributed by atoms with Crippen LogP contribution < -0.4 is 21.3 Å². The summed E-state index contributed by atoms with van der Waals surface area (Å²) < 4.78 is 5.08. The molecule has 1 heterocycles. The molecule has 1 amide bonds. The molecule has 0 aliphatic rings. The van der Waals surface area contributed by atoms with Crippen LogP contribution in [-0.4, -0.2) is 18.0 Å². The number of hydrogen-bond donors (Lipinski definition) is 3. The number of hydrazine groups is 1. The average Bonchev–Trinajstić information content (AvgIpc) is 2.54. The summed E-state index contributed by atoms with van der Waals surface area (Å²) in [5.74, 6) is 6.36. The molecule has 110 valence electrons. The lowest BCUT2D eigenvalue weighted by Gasteiger charge is -2.09. The van der Waals surface area contributed by atoms with E-state index in [9.17, 15) is 4.79 Å². The molecule has 0 fully saturated rings. The number of rotatable bonds is 5. The Labute approximate surface area is 123 Å². The van der Waals surface area contributed by atoms with Crippen LogP contribution in [0.3, 0.4) is 0 Å². The number of pyridine rings is 1. The van der Waals surface area contributed by atoms with Gasteiger partial charge in [0, 0.05) is 16.9 Å². The molecule has 0 aliphatic carbocycles. The maximum Gasteiger partial charge on any atom is 0.255 e. The minimum atomic E-state index is -0.214. The monoisotopic (exact) mass is 286 g/mol. The van der Waals surface area contributed by atoms with E-state index in [0.717, 1.165) is 17.9 Å². The van der Waals surface area contributed by atoms with Crippen LogP contribution in [0, 0.1) is 0 Å². The minimum absolute atomic E-state index is 0.214. The first-order chi connectivity index (χ1) is 10.2. The summed E-state index contributed by atoms with van der Waals surface area (Å²) in [6, 6.07) is 10.5. The van der Waals surface area contributed by atoms with Gasteiger partial charge in [-0.25, -0.2) is 10.8 Å². The van der Waals surface area contributed by atoms with E-state index in [2.05, 4.69) is 15.7 Å². The third-order valence-electron chi connectivity index (χ3n) is 3.00. The lowest BCUT2D eigenvalue weighted by Crippen LogP contribution is -2.15. The van der Waals surface area contributed by atoms with Crippen molar-refractivity contribution in [2.75, 3.05) is 17.9 Å². The van der Waals surface area contributed by atoms with Crippen molar-refractivity contribution < 1.29 is 9.53 Å². The Hall–Kier alpha value is -2.60. The van der Waals surface area contributed by atoms with Gasteiger partial charge in [-0.2, -0.15) is 0 Å². The Morgan fingerprint density at radius 3 is 2.57 bits per heavy atom. The summed E-state index contributed by atoms with van der Waals surface area (Å²) >= 11 is 0. The fourth-order valence-electron chi connectivity index (χ4n) is 1.85. The van der Waals surface area contributed by atoms with Gasteiger partial charge in [-0.15, -0.1) is 0 Å². The number of hydrogen-bond acceptors (Lipinski definition) is 5. The minimum Gasteiger partial charge on any atom is -0.497 e. The molecule has 2 aromatic rings. The molecule has 0 unspecified atom stereocenters. The molecular weight excluding hydrogens is 268 g/mol. The molecule has 6 heteroatoms. The second-order valence-electron chi connectivity index (χ2n) is 4.41. The van der Waals surface area contributed by atoms with E-state index in [0.29, 0.717) is 17.1 Å². The van der Waals surface area contributed by atoms with Crippen LogP contribution in [0.1, 0.15) is 23.0 Å². The van der Waals surface area contributed by atoms with Gasteiger partial charge in [0.2, 0.25) is 0 Å². The lowest BCUT2D eigenvalue weighted by atomic mass is 10.1. The molecule has 4 N–H and O–H groups in total. The summed E-state index contributed by atoms with van der Waals surface area (Å²) in [6.45, 7) is 1.97. The van der Waals surface area contributed by atoms with E-state index >= 15 is 0 Å². The van der Waals surface area contributed by atoms with Crippen LogP contribution >= 0.6 is 0 Å². The second-order valence-corrected chi connectivity index (χ2v) is 4.41. The number of benzene rings is 1. The molecule has 0 radical (unpaired) electrons. The van der Waals surface area contributed by atoms with Gasteiger partial charge in [-0.05, 0) is 42.8 Å². The van der Waals surface area contributed by atoms with Crippen molar-refractivity contribution >= 4 is 17.4 Å². The van der Waals surface area contributed by atoms with Crippen molar-refractivity contribution in [3.63, 3.8) is 0 Å². The number of nitrogen functional groups attached to an aromatic ring is 1. The smallest absolute Gasteiger partial charge is 0.255 e. The maximum absolute atomic E-state index is 12.3. The van der Waals surface area contributed by atoms with Gasteiger partial charge in [-0.1, -0.05) is 6.92 Å². The number of nitrogens with two attached hydrogens (primary N) is 1. The van der Waals surface area contributed by atoms with Crippen LogP contribution in [0.15, 0.2) is 36.4 Å². The number of anilines is 2. The van der Waals surface area contributed by atoms with Gasteiger partial charge >= 0.3 is 0 Å². The average molecular weight is 286 g/mol. The fourth-order valence-corrected chi connectivity index (χ4v) is 1.85. The third-order valence-corrected chi connectivity index (χ3v) is 3.00. The zero-order chi connectivity index (χ0) is 15.2. The molecule has 0 aliphatic heterocycles. The predicted octanol–water partition coefficient (Wildman–Crippen LogP) is 2.19. The number of amides is 1. The first kappa shape index (κ1) is 14.8. The predicted molar refractivity (Wildman–Crippen MR) is 82.4 cm³/mol. The Morgan fingerprint density at radius 2 is 2.00 bits per heavy atom. The topological polar surface area (TPSA) is 89.3 Å². The standard InChI is InChI=1S/C15H18N4O2/c1-3-11-8-10(9-14(17-11)19-16)15(20)18-12-4-6-13(21-2)7-5-12/h4-9H,3,16H2,1-2H3,(H,17,19)(H,18,20). The number of carbonyl (C=O) groups is 1. The van der Waals surface area contributed by atoms with Crippen molar-refractivity contribution in [3.8, 4) is 5.75 Å². The summed E-state index contributed by atoms with van der Waals surface area (Å²) in [5, 5.41) is 2.82. The maximum atomic E-state index is 12.3. The third kappa shape index (κ3) is 3.70. The van der Waals surface area contributed by atoms with Gasteiger partial charge in [0.25, 0.3) is 5.91 Å². The molecular formula is C15H18N4O2. The summed E-state index contributed by atoms with van der Waals surface area (Å²) in [5.41, 5.74) is 4.46. The number of methoxy groups -OCH3 is 1. The molecule has 0 saturated heterocycles. The highest BCUT2D eigenvalue weighted by Crippen LogP contribution is 2.17. The van der Waals surface area contributed by atoms with Crippen LogP contribution in [0.4, 0.5) is 11.5 Å². The van der Waals surface area contributed by atoms with Gasteiger partial charge in [0.1, 0.15) is 11.6 Å². The molecule has 6 nitrogen and oxygen atoms in total. The van der Waals surface area contributed by atoms with Gasteiger partial charge in [0.05, 0.1) is 7.11 Å². The van der Waals surface area contributed by atoms with Crippen molar-refractivity contribution in [2.45, 2.75) is 13.3 Å². The highest BCUT2D eigenvalue weighted by molar-refractivity contribution is 6.04. The molecule has 21 heavy (non-hydrogen) atoms. The van der Waals surface area contributed by atoms with E-state index in [1.165, 1.54) is 0 Å². The first-order valence-corrected chi connectivity index (χ1v) is 6.59. The van der Waals surface area contributed by atoms with E-state index in [4.69, 9.17) is 10.6 Å². The van der Waals surface area contributed by atoms with E-state index < -0.39 is 0 Å². The van der Waals surface area contributed by atoms with E-state index in [-0.39, 0.29) is 5.91 Å². The zero-order valence-electron chi connectivity index (χ0n) is 12.0. The van der Waals surface area contributed by atoms with Crippen LogP contribution in [0.2, 0.25) is 0 Å². The number of aryl methyl sites for hydroxylation is 1. The summed E-state index contributed by atoms with van der Waals surface area (Å²) in [7, 11) is 1.60. The highest BCUT2D eigenvalue weighted by atomic mass is 16.5. The van der Waals surface area contributed by atoms with Crippen LogP contribution in [0.25, 0.3) is 0 Å². The fraction of sp³-hybridized carbons (Fsp3) is 0.200. The van der Waals surface area contributed by atoms with Crippen molar-refractivity contribution in [2.24, 2.45) is 5.84 Å². The molecule has 1 aromatic carbocycles. The number of carbonyl (C=O) groups excluding carboxylic acids is 1. The van der Waals surface area contributed by atoms with Gasteiger partial charge in [-0.3, -0.25) is 4.79 Å². The Bertz CT molecular complexity index is 604. The van der Waals surface area contributed by atoms with E-state index in [1.807, 2.05) is 6.92 Å². The molecule has 2 rings (SSSR count). The molecule has 0 bridgehead atoms. The largest absolute Gasteiger partial charge is 0.497 e. The van der Waals surface area contributed by atoms with Crippen molar-refractivity contribution in [1.29, 1.82) is 0 Å². The second kappa shape index (κ2) is 6.71. The van der Waals surface area contributed by atoms with Crippen LogP contribution in [0.5, 0.6) is 5.75 Å².